The summed E-state index contributed by atoms with van der Waals surface area (Å²) in [4.78, 5) is 19.1. The van der Waals surface area contributed by atoms with E-state index in [9.17, 15) is 4.79 Å². The van der Waals surface area contributed by atoms with Crippen LogP contribution in [0.25, 0.3) is 10.9 Å². The number of carbonyl (C=O) groups is 1. The zero-order valence-corrected chi connectivity index (χ0v) is 23.2. The van der Waals surface area contributed by atoms with E-state index in [1.807, 2.05) is 0 Å². The number of methoxy groups -OCH3 is 4. The number of hydrogen-bond donors (Lipinski definition) is 1. The van der Waals surface area contributed by atoms with E-state index in [4.69, 9.17) is 23.7 Å². The lowest BCUT2D eigenvalue weighted by Gasteiger charge is -2.36. The minimum absolute atomic E-state index is 0. The van der Waals surface area contributed by atoms with Crippen LogP contribution in [0.4, 0.5) is 0 Å². The van der Waals surface area contributed by atoms with Gasteiger partial charge in [0.2, 0.25) is 5.75 Å². The van der Waals surface area contributed by atoms with Gasteiger partial charge in [-0.3, -0.25) is 0 Å². The van der Waals surface area contributed by atoms with E-state index >= 15 is 0 Å². The lowest BCUT2D eigenvalue weighted by atomic mass is 9.78. The van der Waals surface area contributed by atoms with Gasteiger partial charge in [-0.1, -0.05) is 18.2 Å². The first kappa shape index (κ1) is 28.1. The number of esters is 1. The molecule has 0 bridgehead atoms. The summed E-state index contributed by atoms with van der Waals surface area (Å²) in [5.41, 5.74) is 2.91. The predicted molar refractivity (Wildman–Crippen MR) is 148 cm³/mol. The average molecular weight is 545 g/mol. The maximum absolute atomic E-state index is 13.2. The van der Waals surface area contributed by atoms with Gasteiger partial charge in [-0.05, 0) is 54.9 Å². The lowest BCUT2D eigenvalue weighted by molar-refractivity contribution is -0.0732. The maximum atomic E-state index is 13.2. The molecule has 1 N–H and O–H groups in total. The fourth-order valence-corrected chi connectivity index (χ4v) is 6.05. The van der Waals surface area contributed by atoms with Gasteiger partial charge in [-0.15, -0.1) is 12.4 Å². The Labute approximate surface area is 229 Å². The van der Waals surface area contributed by atoms with Gasteiger partial charge < -0.3 is 33.6 Å². The summed E-state index contributed by atoms with van der Waals surface area (Å²) in [5, 5.41) is 1.30. The number of likely N-dealkylation sites (tertiary alicyclic amines) is 1. The van der Waals surface area contributed by atoms with E-state index in [2.05, 4.69) is 40.3 Å². The van der Waals surface area contributed by atoms with Crippen LogP contribution in [0, 0.1) is 11.8 Å². The van der Waals surface area contributed by atoms with Gasteiger partial charge in [0.15, 0.2) is 11.5 Å². The van der Waals surface area contributed by atoms with E-state index < -0.39 is 5.97 Å². The van der Waals surface area contributed by atoms with Crippen LogP contribution in [0.1, 0.15) is 28.8 Å². The molecule has 206 valence electrons. The number of H-pyrrole nitrogens is 1. The standard InChI is InChI=1S/C29H36N2O6.ClH/c1-33-24-13-20-16-31(10-9-18-15-30-23-8-6-5-7-22(18)23)17-21(20)14-25(24)37-29(32)19-11-26(34-2)28(36-4)27(12-19)35-3;/h5-8,11-12,15,20-21,24-25,30H,9-10,13-14,16-17H2,1-4H3;1H. The van der Waals surface area contributed by atoms with Gasteiger partial charge in [0.25, 0.3) is 0 Å². The number of aromatic nitrogens is 1. The van der Waals surface area contributed by atoms with Crippen LogP contribution in [-0.4, -0.2) is 76.1 Å². The first-order chi connectivity index (χ1) is 18.0. The topological polar surface area (TPSA) is 82.3 Å². The molecule has 0 radical (unpaired) electrons. The number of hydrogen-bond acceptors (Lipinski definition) is 7. The molecule has 1 saturated carbocycles. The van der Waals surface area contributed by atoms with Gasteiger partial charge >= 0.3 is 5.97 Å². The normalized spacial score (nSPS) is 22.9. The molecule has 8 nitrogen and oxygen atoms in total. The smallest absolute Gasteiger partial charge is 0.338 e. The number of nitrogens with zero attached hydrogens (tertiary/aromatic N) is 1. The largest absolute Gasteiger partial charge is 0.493 e. The molecule has 9 heteroatoms. The molecule has 2 aromatic carbocycles. The number of carbonyl (C=O) groups excluding carboxylic acids is 1. The fourth-order valence-electron chi connectivity index (χ4n) is 6.05. The highest BCUT2D eigenvalue weighted by molar-refractivity contribution is 5.91. The average Bonchev–Trinajstić information content (AvgIpc) is 3.53. The summed E-state index contributed by atoms with van der Waals surface area (Å²) in [7, 11) is 6.29. The first-order valence-electron chi connectivity index (χ1n) is 12.9. The van der Waals surface area contributed by atoms with Crippen molar-refractivity contribution in [1.29, 1.82) is 0 Å². The Hall–Kier alpha value is -2.94. The molecule has 2 heterocycles. The lowest BCUT2D eigenvalue weighted by Crippen LogP contribution is -2.42. The van der Waals surface area contributed by atoms with Crippen LogP contribution in [0.2, 0.25) is 0 Å². The maximum Gasteiger partial charge on any atom is 0.338 e. The van der Waals surface area contributed by atoms with Crippen molar-refractivity contribution in [3.8, 4) is 17.2 Å². The predicted octanol–water partition coefficient (Wildman–Crippen LogP) is 4.74. The zero-order chi connectivity index (χ0) is 25.9. The molecular weight excluding hydrogens is 508 g/mol. The minimum atomic E-state index is -0.418. The van der Waals surface area contributed by atoms with Crippen molar-refractivity contribution in [1.82, 2.24) is 9.88 Å². The van der Waals surface area contributed by atoms with E-state index in [1.165, 1.54) is 37.8 Å². The number of halogens is 1. The molecule has 4 atom stereocenters. The SMILES string of the molecule is COc1cc(C(=O)OC2CC3CN(CCc4c[nH]c5ccccc45)CC3CC2OC)cc(OC)c1OC.Cl. The van der Waals surface area contributed by atoms with E-state index in [1.54, 1.807) is 19.2 Å². The van der Waals surface area contributed by atoms with Gasteiger partial charge in [-0.2, -0.15) is 0 Å². The zero-order valence-electron chi connectivity index (χ0n) is 22.4. The molecule has 0 spiro atoms. The summed E-state index contributed by atoms with van der Waals surface area (Å²) in [6, 6.07) is 11.7. The van der Waals surface area contributed by atoms with Gasteiger partial charge in [0.1, 0.15) is 6.10 Å². The second-order valence-corrected chi connectivity index (χ2v) is 9.99. The second kappa shape index (κ2) is 12.3. The highest BCUT2D eigenvalue weighted by Gasteiger charge is 2.44. The number of ether oxygens (including phenoxy) is 5. The van der Waals surface area contributed by atoms with Crippen molar-refractivity contribution in [3.05, 3.63) is 53.7 Å². The monoisotopic (exact) mass is 544 g/mol. The summed E-state index contributed by atoms with van der Waals surface area (Å²) < 4.78 is 28.0. The van der Waals surface area contributed by atoms with Crippen LogP contribution in [0.3, 0.4) is 0 Å². The van der Waals surface area contributed by atoms with Crippen molar-refractivity contribution < 1.29 is 28.5 Å². The molecule has 2 aliphatic rings. The quantitative estimate of drug-likeness (QED) is 0.390. The van der Waals surface area contributed by atoms with Crippen molar-refractivity contribution >= 4 is 29.3 Å². The highest BCUT2D eigenvalue weighted by Crippen LogP contribution is 2.41. The van der Waals surface area contributed by atoms with Crippen LogP contribution in [-0.2, 0) is 15.9 Å². The Kier molecular flexibility index (Phi) is 9.07. The molecule has 1 aliphatic heterocycles. The van der Waals surface area contributed by atoms with Crippen molar-refractivity contribution in [2.45, 2.75) is 31.5 Å². The Morgan fingerprint density at radius 1 is 0.947 bits per heavy atom. The molecule has 5 rings (SSSR count). The molecular formula is C29H37ClN2O6. The molecule has 4 unspecified atom stereocenters. The highest BCUT2D eigenvalue weighted by atomic mass is 35.5. The minimum Gasteiger partial charge on any atom is -0.493 e. The van der Waals surface area contributed by atoms with E-state index in [0.717, 1.165) is 38.9 Å². The van der Waals surface area contributed by atoms with Gasteiger partial charge in [0, 0.05) is 43.8 Å². The summed E-state index contributed by atoms with van der Waals surface area (Å²) >= 11 is 0. The van der Waals surface area contributed by atoms with Crippen LogP contribution >= 0.6 is 12.4 Å². The molecule has 1 saturated heterocycles. The van der Waals surface area contributed by atoms with Crippen molar-refractivity contribution in [3.63, 3.8) is 0 Å². The van der Waals surface area contributed by atoms with E-state index in [0.29, 0.717) is 34.6 Å². The molecule has 3 aromatic rings. The van der Waals surface area contributed by atoms with Gasteiger partial charge in [-0.25, -0.2) is 4.79 Å². The number of benzene rings is 2. The second-order valence-electron chi connectivity index (χ2n) is 9.99. The summed E-state index contributed by atoms with van der Waals surface area (Å²) in [5.74, 6) is 1.88. The number of fused-ring (bicyclic) bond motifs is 2. The number of rotatable bonds is 9. The molecule has 1 aliphatic carbocycles. The van der Waals surface area contributed by atoms with Gasteiger partial charge in [0.05, 0.1) is 33.0 Å². The van der Waals surface area contributed by atoms with Crippen molar-refractivity contribution in [2.24, 2.45) is 11.8 Å². The van der Waals surface area contributed by atoms with Crippen LogP contribution in [0.15, 0.2) is 42.6 Å². The fraction of sp³-hybridized carbons (Fsp3) is 0.483. The van der Waals surface area contributed by atoms with Crippen LogP contribution < -0.4 is 14.2 Å². The third kappa shape index (κ3) is 5.58. The molecule has 38 heavy (non-hydrogen) atoms. The Balaban J connectivity index is 0.00000336. The number of aromatic amines is 1. The molecule has 0 amide bonds. The van der Waals surface area contributed by atoms with Crippen LogP contribution in [0.5, 0.6) is 17.2 Å². The Bertz CT molecular complexity index is 1220. The van der Waals surface area contributed by atoms with E-state index in [-0.39, 0.29) is 24.6 Å². The summed E-state index contributed by atoms with van der Waals surface area (Å²) in [6.07, 6.45) is 4.40. The summed E-state index contributed by atoms with van der Waals surface area (Å²) in [6.45, 7) is 3.09. The third-order valence-corrected chi connectivity index (χ3v) is 7.97. The molecule has 1 aromatic heterocycles. The van der Waals surface area contributed by atoms with Crippen molar-refractivity contribution in [2.75, 3.05) is 48.1 Å². The number of nitrogens with one attached hydrogen (secondary N) is 1. The number of para-hydroxylation sites is 1. The third-order valence-electron chi connectivity index (χ3n) is 7.97. The molecule has 2 fully saturated rings. The first-order valence-corrected chi connectivity index (χ1v) is 12.9. The Morgan fingerprint density at radius 2 is 1.61 bits per heavy atom. The Morgan fingerprint density at radius 3 is 2.24 bits per heavy atom.